The fraction of sp³-hybridized carbons (Fsp3) is 0.167. The Kier molecular flexibility index (Phi) is 2.52. The van der Waals surface area contributed by atoms with Crippen LogP contribution in [0.5, 0.6) is 0 Å². The minimum absolute atomic E-state index is 0.0212. The summed E-state index contributed by atoms with van der Waals surface area (Å²) in [5, 5.41) is 6.94. The van der Waals surface area contributed by atoms with E-state index >= 15 is 0 Å². The van der Waals surface area contributed by atoms with Crippen molar-refractivity contribution in [2.45, 2.75) is 16.2 Å². The number of nitrogens with two attached hydrogens (primary N) is 1. The third-order valence-corrected chi connectivity index (χ3v) is 3.79. The Bertz CT molecular complexity index is 635. The van der Waals surface area contributed by atoms with Crippen molar-refractivity contribution in [3.63, 3.8) is 0 Å². The molecule has 0 bridgehead atoms. The van der Waals surface area contributed by atoms with Gasteiger partial charge in [-0.05, 0) is 17.7 Å². The number of nitrogen functional groups attached to an aromatic ring is 1. The van der Waals surface area contributed by atoms with E-state index in [4.69, 9.17) is 5.73 Å². The molecule has 0 fully saturated rings. The molecule has 1 aliphatic heterocycles. The van der Waals surface area contributed by atoms with Gasteiger partial charge in [0.2, 0.25) is 5.91 Å². The number of carbonyl (C=O) groups is 1. The first-order chi connectivity index (χ1) is 8.61. The Labute approximate surface area is 108 Å². The van der Waals surface area contributed by atoms with Crippen LogP contribution < -0.4 is 11.1 Å². The van der Waals surface area contributed by atoms with Crippen molar-refractivity contribution >= 4 is 29.0 Å². The van der Waals surface area contributed by atoms with Gasteiger partial charge in [0.05, 0.1) is 17.5 Å². The van der Waals surface area contributed by atoms with E-state index in [1.807, 2.05) is 25.4 Å². The average molecular weight is 260 g/mol. The molecule has 6 heteroatoms. The van der Waals surface area contributed by atoms with Crippen molar-refractivity contribution in [3.8, 4) is 0 Å². The lowest BCUT2D eigenvalue weighted by Crippen LogP contribution is -2.03. The van der Waals surface area contributed by atoms with E-state index in [1.54, 1.807) is 22.6 Å². The number of fused-ring (bicyclic) bond motifs is 1. The first-order valence-electron chi connectivity index (χ1n) is 5.50. The van der Waals surface area contributed by atoms with Crippen LogP contribution in [0.15, 0.2) is 34.3 Å². The molecule has 1 aliphatic rings. The molecular weight excluding hydrogens is 248 g/mol. The van der Waals surface area contributed by atoms with Crippen LogP contribution in [-0.4, -0.2) is 15.7 Å². The molecule has 0 unspecified atom stereocenters. The quantitative estimate of drug-likeness (QED) is 0.805. The van der Waals surface area contributed by atoms with Crippen molar-refractivity contribution < 1.29 is 4.79 Å². The smallest absolute Gasteiger partial charge is 0.228 e. The molecule has 1 aromatic carbocycles. The fourth-order valence-electron chi connectivity index (χ4n) is 1.94. The number of benzene rings is 1. The molecule has 0 atom stereocenters. The molecule has 0 spiro atoms. The van der Waals surface area contributed by atoms with E-state index in [2.05, 4.69) is 10.4 Å². The normalized spacial score (nSPS) is 13.5. The molecule has 1 aromatic heterocycles. The SMILES string of the molecule is Cn1cc(Sc2cc3c(cc2N)CC(=O)N3)cn1. The standard InChI is InChI=1S/C12H12N4OS/c1-16-6-8(5-14-16)18-11-4-10-7(2-9(11)13)3-12(17)15-10/h2,4-6H,3,13H2,1H3,(H,15,17). The van der Waals surface area contributed by atoms with E-state index in [-0.39, 0.29) is 5.91 Å². The number of hydrogen-bond donors (Lipinski definition) is 2. The largest absolute Gasteiger partial charge is 0.398 e. The van der Waals surface area contributed by atoms with Gasteiger partial charge in [0.15, 0.2) is 0 Å². The zero-order valence-electron chi connectivity index (χ0n) is 9.80. The van der Waals surface area contributed by atoms with Gasteiger partial charge in [-0.3, -0.25) is 9.48 Å². The van der Waals surface area contributed by atoms with Gasteiger partial charge in [-0.25, -0.2) is 0 Å². The maximum absolute atomic E-state index is 11.3. The highest BCUT2D eigenvalue weighted by atomic mass is 32.2. The summed E-state index contributed by atoms with van der Waals surface area (Å²) in [4.78, 5) is 13.3. The van der Waals surface area contributed by atoms with Crippen LogP contribution in [0.2, 0.25) is 0 Å². The van der Waals surface area contributed by atoms with Crippen molar-refractivity contribution in [2.75, 3.05) is 11.1 Å². The molecular formula is C12H12N4OS. The summed E-state index contributed by atoms with van der Waals surface area (Å²) in [6.07, 6.45) is 4.13. The third-order valence-electron chi connectivity index (χ3n) is 2.77. The zero-order chi connectivity index (χ0) is 12.7. The second-order valence-electron chi connectivity index (χ2n) is 4.22. The van der Waals surface area contributed by atoms with Crippen LogP contribution in [0, 0.1) is 0 Å². The summed E-state index contributed by atoms with van der Waals surface area (Å²) in [6, 6.07) is 3.79. The van der Waals surface area contributed by atoms with Crippen LogP contribution in [0.25, 0.3) is 0 Å². The van der Waals surface area contributed by atoms with Gasteiger partial charge in [0.1, 0.15) is 0 Å². The fourth-order valence-corrected chi connectivity index (χ4v) is 2.85. The van der Waals surface area contributed by atoms with Gasteiger partial charge in [-0.15, -0.1) is 0 Å². The first-order valence-corrected chi connectivity index (χ1v) is 6.32. The summed E-state index contributed by atoms with van der Waals surface area (Å²) in [5.41, 5.74) is 8.53. The Hall–Kier alpha value is -1.95. The van der Waals surface area contributed by atoms with Gasteiger partial charge in [-0.2, -0.15) is 5.10 Å². The lowest BCUT2D eigenvalue weighted by atomic mass is 10.1. The Balaban J connectivity index is 1.93. The molecule has 2 aromatic rings. The Morgan fingerprint density at radius 1 is 1.50 bits per heavy atom. The number of aryl methyl sites for hydroxylation is 1. The predicted molar refractivity (Wildman–Crippen MR) is 70.5 cm³/mol. The second kappa shape index (κ2) is 4.06. The molecule has 18 heavy (non-hydrogen) atoms. The maximum atomic E-state index is 11.3. The molecule has 5 nitrogen and oxygen atoms in total. The minimum atomic E-state index is 0.0212. The third kappa shape index (κ3) is 1.95. The van der Waals surface area contributed by atoms with E-state index in [9.17, 15) is 4.79 Å². The Morgan fingerprint density at radius 2 is 2.33 bits per heavy atom. The maximum Gasteiger partial charge on any atom is 0.228 e. The van der Waals surface area contributed by atoms with Crippen LogP contribution in [0.3, 0.4) is 0 Å². The topological polar surface area (TPSA) is 72.9 Å². The molecule has 2 heterocycles. The van der Waals surface area contributed by atoms with E-state index in [0.29, 0.717) is 12.1 Å². The van der Waals surface area contributed by atoms with Gasteiger partial charge >= 0.3 is 0 Å². The van der Waals surface area contributed by atoms with Crippen molar-refractivity contribution in [1.82, 2.24) is 9.78 Å². The lowest BCUT2D eigenvalue weighted by Gasteiger charge is -2.07. The second-order valence-corrected chi connectivity index (χ2v) is 5.34. The molecule has 3 rings (SSSR count). The lowest BCUT2D eigenvalue weighted by molar-refractivity contribution is -0.115. The van der Waals surface area contributed by atoms with Crippen LogP contribution in [0.4, 0.5) is 11.4 Å². The van der Waals surface area contributed by atoms with Gasteiger partial charge < -0.3 is 11.1 Å². The predicted octanol–water partition coefficient (Wildman–Crippen LogP) is 1.65. The summed E-state index contributed by atoms with van der Waals surface area (Å²) < 4.78 is 1.74. The van der Waals surface area contributed by atoms with Crippen LogP contribution in [0.1, 0.15) is 5.56 Å². The summed E-state index contributed by atoms with van der Waals surface area (Å²) in [6.45, 7) is 0. The number of aromatic nitrogens is 2. The molecule has 1 amide bonds. The van der Waals surface area contributed by atoms with E-state index in [0.717, 1.165) is 21.0 Å². The van der Waals surface area contributed by atoms with Gasteiger partial charge in [-0.1, -0.05) is 11.8 Å². The molecule has 0 saturated carbocycles. The molecule has 3 N–H and O–H groups in total. The molecule has 0 aliphatic carbocycles. The van der Waals surface area contributed by atoms with Crippen molar-refractivity contribution in [1.29, 1.82) is 0 Å². The number of carbonyl (C=O) groups excluding carboxylic acids is 1. The van der Waals surface area contributed by atoms with Crippen LogP contribution >= 0.6 is 11.8 Å². The number of amides is 1. The molecule has 0 radical (unpaired) electrons. The number of rotatable bonds is 2. The summed E-state index contributed by atoms with van der Waals surface area (Å²) in [5.74, 6) is 0.0212. The highest BCUT2D eigenvalue weighted by Gasteiger charge is 2.19. The highest BCUT2D eigenvalue weighted by molar-refractivity contribution is 7.99. The average Bonchev–Trinajstić information content (AvgIpc) is 2.85. The first kappa shape index (κ1) is 11.2. The summed E-state index contributed by atoms with van der Waals surface area (Å²) in [7, 11) is 1.87. The molecule has 0 saturated heterocycles. The minimum Gasteiger partial charge on any atom is -0.398 e. The zero-order valence-corrected chi connectivity index (χ0v) is 10.6. The molecule has 92 valence electrons. The summed E-state index contributed by atoms with van der Waals surface area (Å²) >= 11 is 1.54. The number of nitrogens with zero attached hydrogens (tertiary/aromatic N) is 2. The van der Waals surface area contributed by atoms with Gasteiger partial charge in [0, 0.05) is 29.5 Å². The Morgan fingerprint density at radius 3 is 3.06 bits per heavy atom. The highest BCUT2D eigenvalue weighted by Crippen LogP contribution is 2.37. The van der Waals surface area contributed by atoms with Crippen LogP contribution in [-0.2, 0) is 18.3 Å². The number of anilines is 2. The van der Waals surface area contributed by atoms with Crippen molar-refractivity contribution in [3.05, 3.63) is 30.1 Å². The van der Waals surface area contributed by atoms with Crippen molar-refractivity contribution in [2.24, 2.45) is 7.05 Å². The monoisotopic (exact) mass is 260 g/mol. The number of hydrogen-bond acceptors (Lipinski definition) is 4. The van der Waals surface area contributed by atoms with E-state index in [1.165, 1.54) is 0 Å². The van der Waals surface area contributed by atoms with Gasteiger partial charge in [0.25, 0.3) is 0 Å². The van der Waals surface area contributed by atoms with E-state index < -0.39 is 0 Å². The number of nitrogens with one attached hydrogen (secondary N) is 1.